The lowest BCUT2D eigenvalue weighted by Crippen LogP contribution is -2.51. The number of ether oxygens (including phenoxy) is 1. The van der Waals surface area contributed by atoms with Crippen molar-refractivity contribution in [2.45, 2.75) is 51.1 Å². The van der Waals surface area contributed by atoms with Gasteiger partial charge in [-0.2, -0.15) is 0 Å². The van der Waals surface area contributed by atoms with E-state index in [-0.39, 0.29) is 23.0 Å². The van der Waals surface area contributed by atoms with Crippen LogP contribution in [0.3, 0.4) is 0 Å². The molecule has 40 heavy (non-hydrogen) atoms. The molecule has 3 aromatic rings. The van der Waals surface area contributed by atoms with Crippen LogP contribution >= 0.6 is 11.6 Å². The maximum absolute atomic E-state index is 14.0. The summed E-state index contributed by atoms with van der Waals surface area (Å²) in [5.41, 5.74) is 0.859. The second-order valence-electron chi connectivity index (χ2n) is 9.16. The number of hydrogen-bond donors (Lipinski definition) is 1. The SMILES string of the molecule is CCCCNC(=O)[C@@H](C)N(Cc1ccccc1Cl)C(=O)CN(c1ccccc1OCC)S(=O)(=O)c1ccccc1. The van der Waals surface area contributed by atoms with Crippen LogP contribution < -0.4 is 14.4 Å². The van der Waals surface area contributed by atoms with Crippen LogP contribution in [0.5, 0.6) is 5.75 Å². The molecular formula is C30H36ClN3O5S. The highest BCUT2D eigenvalue weighted by atomic mass is 35.5. The molecule has 8 nitrogen and oxygen atoms in total. The van der Waals surface area contributed by atoms with Crippen molar-refractivity contribution in [1.29, 1.82) is 0 Å². The molecule has 0 aliphatic rings. The van der Waals surface area contributed by atoms with Crippen molar-refractivity contribution in [2.24, 2.45) is 0 Å². The molecule has 0 unspecified atom stereocenters. The van der Waals surface area contributed by atoms with Crippen LogP contribution in [0.4, 0.5) is 5.69 Å². The number of halogens is 1. The molecule has 3 rings (SSSR count). The Bertz CT molecular complexity index is 1380. The third-order valence-corrected chi connectivity index (χ3v) is 8.48. The van der Waals surface area contributed by atoms with E-state index in [0.29, 0.717) is 29.5 Å². The van der Waals surface area contributed by atoms with Crippen molar-refractivity contribution in [2.75, 3.05) is 24.0 Å². The molecule has 0 aliphatic carbocycles. The van der Waals surface area contributed by atoms with E-state index in [2.05, 4.69) is 5.32 Å². The number of nitrogens with one attached hydrogen (secondary N) is 1. The smallest absolute Gasteiger partial charge is 0.264 e. The van der Waals surface area contributed by atoms with Crippen LogP contribution in [-0.2, 0) is 26.2 Å². The summed E-state index contributed by atoms with van der Waals surface area (Å²) in [4.78, 5) is 28.5. The molecule has 0 fully saturated rings. The van der Waals surface area contributed by atoms with Gasteiger partial charge in [0.15, 0.2) is 0 Å². The molecule has 0 radical (unpaired) electrons. The van der Waals surface area contributed by atoms with E-state index in [1.807, 2.05) is 6.92 Å². The fourth-order valence-corrected chi connectivity index (χ4v) is 5.74. The average molecular weight is 586 g/mol. The summed E-state index contributed by atoms with van der Waals surface area (Å²) in [5.74, 6) is -0.578. The van der Waals surface area contributed by atoms with Gasteiger partial charge in [0.2, 0.25) is 11.8 Å². The number of hydrogen-bond acceptors (Lipinski definition) is 5. The molecule has 0 aliphatic heterocycles. The summed E-state index contributed by atoms with van der Waals surface area (Å²) in [6, 6.07) is 20.7. The van der Waals surface area contributed by atoms with E-state index in [4.69, 9.17) is 16.3 Å². The van der Waals surface area contributed by atoms with Gasteiger partial charge in [-0.25, -0.2) is 8.42 Å². The lowest BCUT2D eigenvalue weighted by molar-refractivity contribution is -0.139. The highest BCUT2D eigenvalue weighted by Gasteiger charge is 2.33. The summed E-state index contributed by atoms with van der Waals surface area (Å²) < 4.78 is 34.6. The number of anilines is 1. The van der Waals surface area contributed by atoms with Gasteiger partial charge in [0.25, 0.3) is 10.0 Å². The molecule has 10 heteroatoms. The van der Waals surface area contributed by atoms with Crippen LogP contribution in [-0.4, -0.2) is 50.9 Å². The number of carbonyl (C=O) groups excluding carboxylic acids is 2. The van der Waals surface area contributed by atoms with Gasteiger partial charge in [-0.05, 0) is 56.2 Å². The van der Waals surface area contributed by atoms with Crippen molar-refractivity contribution in [3.63, 3.8) is 0 Å². The maximum atomic E-state index is 14.0. The minimum atomic E-state index is -4.19. The van der Waals surface area contributed by atoms with Crippen molar-refractivity contribution >= 4 is 39.1 Å². The zero-order chi connectivity index (χ0) is 29.1. The van der Waals surface area contributed by atoms with Gasteiger partial charge in [0.1, 0.15) is 18.3 Å². The first-order valence-corrected chi connectivity index (χ1v) is 15.1. The third-order valence-electron chi connectivity index (χ3n) is 6.34. The van der Waals surface area contributed by atoms with Gasteiger partial charge < -0.3 is 15.0 Å². The number of carbonyl (C=O) groups is 2. The molecule has 0 spiro atoms. The minimum absolute atomic E-state index is 0.0210. The Morgan fingerprint density at radius 3 is 2.27 bits per heavy atom. The molecule has 1 atom stereocenters. The highest BCUT2D eigenvalue weighted by molar-refractivity contribution is 7.92. The zero-order valence-electron chi connectivity index (χ0n) is 23.0. The second kappa shape index (κ2) is 14.7. The summed E-state index contributed by atoms with van der Waals surface area (Å²) in [6.07, 6.45) is 1.71. The monoisotopic (exact) mass is 585 g/mol. The van der Waals surface area contributed by atoms with Gasteiger partial charge in [-0.15, -0.1) is 0 Å². The normalized spacial score (nSPS) is 11.9. The predicted molar refractivity (Wildman–Crippen MR) is 158 cm³/mol. The van der Waals surface area contributed by atoms with Crippen LogP contribution in [0.1, 0.15) is 39.2 Å². The predicted octanol–water partition coefficient (Wildman–Crippen LogP) is 5.27. The Kier molecular flexibility index (Phi) is 11.4. The van der Waals surface area contributed by atoms with Crippen LogP contribution in [0.2, 0.25) is 5.02 Å². The molecule has 0 heterocycles. The minimum Gasteiger partial charge on any atom is -0.492 e. The summed E-state index contributed by atoms with van der Waals surface area (Å²) in [5, 5.41) is 3.31. The topological polar surface area (TPSA) is 96.0 Å². The number of unbranched alkanes of at least 4 members (excludes halogenated alkanes) is 1. The van der Waals surface area contributed by atoms with Crippen molar-refractivity contribution in [3.05, 3.63) is 89.4 Å². The van der Waals surface area contributed by atoms with Gasteiger partial charge >= 0.3 is 0 Å². The average Bonchev–Trinajstić information content (AvgIpc) is 2.96. The molecule has 2 amide bonds. The summed E-state index contributed by atoms with van der Waals surface area (Å²) in [6.45, 7) is 5.68. The fourth-order valence-electron chi connectivity index (χ4n) is 4.10. The number of amides is 2. The van der Waals surface area contributed by atoms with Crippen molar-refractivity contribution in [3.8, 4) is 5.75 Å². The fraction of sp³-hybridized carbons (Fsp3) is 0.333. The molecule has 1 N–H and O–H groups in total. The van der Waals surface area contributed by atoms with Crippen molar-refractivity contribution < 1.29 is 22.7 Å². The lowest BCUT2D eigenvalue weighted by atomic mass is 10.1. The molecule has 214 valence electrons. The Morgan fingerprint density at radius 1 is 0.950 bits per heavy atom. The van der Waals surface area contributed by atoms with Crippen LogP contribution in [0.25, 0.3) is 0 Å². The molecule has 0 saturated carbocycles. The van der Waals surface area contributed by atoms with Crippen LogP contribution in [0, 0.1) is 0 Å². The molecule has 0 aromatic heterocycles. The first-order valence-electron chi connectivity index (χ1n) is 13.3. The van der Waals surface area contributed by atoms with Gasteiger partial charge in [0, 0.05) is 18.1 Å². The van der Waals surface area contributed by atoms with Crippen LogP contribution in [0.15, 0.2) is 83.8 Å². The van der Waals surface area contributed by atoms with E-state index in [1.165, 1.54) is 17.0 Å². The molecule has 0 saturated heterocycles. The number of para-hydroxylation sites is 2. The van der Waals surface area contributed by atoms with E-state index < -0.39 is 28.5 Å². The van der Waals surface area contributed by atoms with E-state index in [9.17, 15) is 18.0 Å². The third kappa shape index (κ3) is 7.76. The molecular weight excluding hydrogens is 550 g/mol. The highest BCUT2D eigenvalue weighted by Crippen LogP contribution is 2.33. The van der Waals surface area contributed by atoms with Crippen molar-refractivity contribution in [1.82, 2.24) is 10.2 Å². The maximum Gasteiger partial charge on any atom is 0.264 e. The first kappa shape index (κ1) is 31.0. The number of sulfonamides is 1. The Labute approximate surface area is 241 Å². The number of rotatable bonds is 14. The number of benzene rings is 3. The Morgan fingerprint density at radius 2 is 1.60 bits per heavy atom. The van der Waals surface area contributed by atoms with Gasteiger partial charge in [-0.1, -0.05) is 73.5 Å². The summed E-state index contributed by atoms with van der Waals surface area (Å²) in [7, 11) is -4.19. The standard InChI is InChI=1S/C30H36ClN3O5S/c1-4-6-20-32-30(36)23(3)33(21-24-14-10-11-17-26(24)31)29(35)22-34(27-18-12-13-19-28(27)39-5-2)40(37,38)25-15-8-7-9-16-25/h7-19,23H,4-6,20-22H2,1-3H3,(H,32,36)/t23-/m1/s1. The quantitative estimate of drug-likeness (QED) is 0.260. The second-order valence-corrected chi connectivity index (χ2v) is 11.4. The lowest BCUT2D eigenvalue weighted by Gasteiger charge is -2.32. The van der Waals surface area contributed by atoms with E-state index >= 15 is 0 Å². The Hall–Kier alpha value is -3.56. The first-order chi connectivity index (χ1) is 19.2. The van der Waals surface area contributed by atoms with E-state index in [1.54, 1.807) is 80.6 Å². The van der Waals surface area contributed by atoms with E-state index in [0.717, 1.165) is 17.1 Å². The number of nitrogens with zero attached hydrogens (tertiary/aromatic N) is 2. The Balaban J connectivity index is 2.05. The largest absolute Gasteiger partial charge is 0.492 e. The molecule has 3 aromatic carbocycles. The van der Waals surface area contributed by atoms with Gasteiger partial charge in [0.05, 0.1) is 17.2 Å². The summed E-state index contributed by atoms with van der Waals surface area (Å²) >= 11 is 6.41. The van der Waals surface area contributed by atoms with Gasteiger partial charge in [-0.3, -0.25) is 13.9 Å². The zero-order valence-corrected chi connectivity index (χ0v) is 24.6. The molecule has 0 bridgehead atoms.